The number of nitrogens with zero attached hydrogens (tertiary/aromatic N) is 1. The predicted molar refractivity (Wildman–Crippen MR) is 112 cm³/mol. The molecule has 6 nitrogen and oxygen atoms in total. The molecule has 0 fully saturated rings. The SMILES string of the molecule is CC[C@H](NC(=O)CN(C)S(=O)(=O)c1ccc(SC)cc1)c1ccc(OC)cc1. The molecule has 2 aromatic carbocycles. The van der Waals surface area contributed by atoms with Crippen molar-refractivity contribution in [2.45, 2.75) is 29.2 Å². The summed E-state index contributed by atoms with van der Waals surface area (Å²) in [5.74, 6) is 0.387. The van der Waals surface area contributed by atoms with E-state index in [-0.39, 0.29) is 23.4 Å². The topological polar surface area (TPSA) is 75.7 Å². The highest BCUT2D eigenvalue weighted by molar-refractivity contribution is 7.98. The van der Waals surface area contributed by atoms with E-state index >= 15 is 0 Å². The van der Waals surface area contributed by atoms with Crippen LogP contribution < -0.4 is 10.1 Å². The van der Waals surface area contributed by atoms with Crippen molar-refractivity contribution in [1.82, 2.24) is 9.62 Å². The molecule has 8 heteroatoms. The third kappa shape index (κ3) is 5.50. The summed E-state index contributed by atoms with van der Waals surface area (Å²) in [5, 5.41) is 2.90. The number of amides is 1. The van der Waals surface area contributed by atoms with Crippen LogP contribution in [0.5, 0.6) is 5.75 Å². The third-order valence-electron chi connectivity index (χ3n) is 4.40. The molecule has 28 heavy (non-hydrogen) atoms. The minimum atomic E-state index is -3.73. The van der Waals surface area contributed by atoms with Crippen LogP contribution in [0.1, 0.15) is 24.9 Å². The molecule has 0 aliphatic carbocycles. The fourth-order valence-corrected chi connectivity index (χ4v) is 4.25. The molecular formula is C20H26N2O4S2. The summed E-state index contributed by atoms with van der Waals surface area (Å²) in [5.41, 5.74) is 0.940. The van der Waals surface area contributed by atoms with Gasteiger partial charge in [0.1, 0.15) is 5.75 Å². The van der Waals surface area contributed by atoms with Gasteiger partial charge in [-0.15, -0.1) is 11.8 Å². The minimum absolute atomic E-state index is 0.169. The van der Waals surface area contributed by atoms with Gasteiger partial charge < -0.3 is 10.1 Å². The first-order valence-corrected chi connectivity index (χ1v) is 11.5. The second-order valence-corrected chi connectivity index (χ2v) is 9.16. The summed E-state index contributed by atoms with van der Waals surface area (Å²) < 4.78 is 31.6. The maximum absolute atomic E-state index is 12.7. The lowest BCUT2D eigenvalue weighted by Gasteiger charge is -2.21. The molecule has 0 aliphatic rings. The van der Waals surface area contributed by atoms with Gasteiger partial charge >= 0.3 is 0 Å². The molecule has 0 heterocycles. The molecule has 2 rings (SSSR count). The minimum Gasteiger partial charge on any atom is -0.497 e. The number of sulfonamides is 1. The Hall–Kier alpha value is -2.03. The quantitative estimate of drug-likeness (QED) is 0.628. The summed E-state index contributed by atoms with van der Waals surface area (Å²) in [7, 11) is -0.724. The third-order valence-corrected chi connectivity index (χ3v) is 6.96. The summed E-state index contributed by atoms with van der Waals surface area (Å²) in [4.78, 5) is 13.6. The smallest absolute Gasteiger partial charge is 0.243 e. The molecule has 0 spiro atoms. The Morgan fingerprint density at radius 2 is 1.75 bits per heavy atom. The number of nitrogens with one attached hydrogen (secondary N) is 1. The maximum atomic E-state index is 12.7. The molecular weight excluding hydrogens is 396 g/mol. The van der Waals surface area contributed by atoms with E-state index in [9.17, 15) is 13.2 Å². The van der Waals surface area contributed by atoms with Crippen LogP contribution in [0.15, 0.2) is 58.3 Å². The van der Waals surface area contributed by atoms with E-state index in [0.29, 0.717) is 6.42 Å². The van der Waals surface area contributed by atoms with Gasteiger partial charge in [-0.25, -0.2) is 8.42 Å². The molecule has 2 aromatic rings. The van der Waals surface area contributed by atoms with Crippen LogP contribution in [0.2, 0.25) is 0 Å². The first-order chi connectivity index (χ1) is 13.3. The van der Waals surface area contributed by atoms with Gasteiger partial charge in [0.2, 0.25) is 15.9 Å². The van der Waals surface area contributed by atoms with Gasteiger partial charge in [0.25, 0.3) is 0 Å². The highest BCUT2D eigenvalue weighted by Crippen LogP contribution is 2.21. The number of likely N-dealkylation sites (N-methyl/N-ethyl adjacent to an activating group) is 1. The molecule has 0 saturated heterocycles. The number of carbonyl (C=O) groups excluding carboxylic acids is 1. The monoisotopic (exact) mass is 422 g/mol. The average Bonchev–Trinajstić information content (AvgIpc) is 2.72. The van der Waals surface area contributed by atoms with Gasteiger partial charge in [-0.3, -0.25) is 4.79 Å². The van der Waals surface area contributed by atoms with Gasteiger partial charge in [0, 0.05) is 11.9 Å². The lowest BCUT2D eigenvalue weighted by atomic mass is 10.0. The van der Waals surface area contributed by atoms with E-state index in [0.717, 1.165) is 20.5 Å². The molecule has 152 valence electrons. The Labute approximate surface area is 171 Å². The first-order valence-electron chi connectivity index (χ1n) is 8.85. The lowest BCUT2D eigenvalue weighted by molar-refractivity contribution is -0.121. The summed E-state index contributed by atoms with van der Waals surface area (Å²) in [6, 6.07) is 13.9. The number of carbonyl (C=O) groups is 1. The van der Waals surface area contributed by atoms with Crippen LogP contribution in [0.3, 0.4) is 0 Å². The Kier molecular flexibility index (Phi) is 7.91. The van der Waals surface area contributed by atoms with E-state index in [1.54, 1.807) is 31.4 Å². The van der Waals surface area contributed by atoms with E-state index in [4.69, 9.17) is 4.74 Å². The second-order valence-electron chi connectivity index (χ2n) is 6.24. The van der Waals surface area contributed by atoms with Gasteiger partial charge in [0.05, 0.1) is 24.6 Å². The van der Waals surface area contributed by atoms with Crippen LogP contribution in [0, 0.1) is 0 Å². The number of ether oxygens (including phenoxy) is 1. The van der Waals surface area contributed by atoms with Gasteiger partial charge in [-0.2, -0.15) is 4.31 Å². The zero-order chi connectivity index (χ0) is 20.7. The van der Waals surface area contributed by atoms with Crippen molar-refractivity contribution in [2.24, 2.45) is 0 Å². The van der Waals surface area contributed by atoms with Gasteiger partial charge in [0.15, 0.2) is 0 Å². The van der Waals surface area contributed by atoms with Crippen LogP contribution in [0.4, 0.5) is 0 Å². The largest absolute Gasteiger partial charge is 0.497 e. The highest BCUT2D eigenvalue weighted by Gasteiger charge is 2.24. The second kappa shape index (κ2) is 9.95. The molecule has 1 N–H and O–H groups in total. The molecule has 1 amide bonds. The first kappa shape index (κ1) is 22.3. The van der Waals surface area contributed by atoms with E-state index in [1.165, 1.54) is 18.8 Å². The molecule has 0 aromatic heterocycles. The fraction of sp³-hybridized carbons (Fsp3) is 0.350. The predicted octanol–water partition coefficient (Wildman–Crippen LogP) is 3.31. The van der Waals surface area contributed by atoms with Crippen LogP contribution in [-0.2, 0) is 14.8 Å². The van der Waals surface area contributed by atoms with Crippen molar-refractivity contribution in [2.75, 3.05) is 27.0 Å². The van der Waals surface area contributed by atoms with Crippen molar-refractivity contribution in [3.63, 3.8) is 0 Å². The Balaban J connectivity index is 2.04. The Bertz CT molecular complexity index is 881. The van der Waals surface area contributed by atoms with Crippen molar-refractivity contribution < 1.29 is 17.9 Å². The molecule has 0 saturated carbocycles. The van der Waals surface area contributed by atoms with Crippen molar-refractivity contribution in [1.29, 1.82) is 0 Å². The van der Waals surface area contributed by atoms with E-state index in [2.05, 4.69) is 5.32 Å². The number of thioether (sulfide) groups is 1. The number of hydrogen-bond acceptors (Lipinski definition) is 5. The standard InChI is InChI=1S/C20H26N2O4S2/c1-5-19(15-6-8-16(26-3)9-7-15)21-20(23)14-22(2)28(24,25)18-12-10-17(27-4)11-13-18/h6-13,19H,5,14H2,1-4H3,(H,21,23)/t19-/m0/s1. The zero-order valence-corrected chi connectivity index (χ0v) is 18.1. The number of hydrogen-bond donors (Lipinski definition) is 1. The van der Waals surface area contributed by atoms with Crippen molar-refractivity contribution >= 4 is 27.7 Å². The zero-order valence-electron chi connectivity index (χ0n) is 16.5. The maximum Gasteiger partial charge on any atom is 0.243 e. The fourth-order valence-electron chi connectivity index (χ4n) is 2.71. The van der Waals surface area contributed by atoms with Crippen LogP contribution >= 0.6 is 11.8 Å². The normalized spacial score (nSPS) is 12.6. The van der Waals surface area contributed by atoms with E-state index < -0.39 is 10.0 Å². The Morgan fingerprint density at radius 1 is 1.14 bits per heavy atom. The lowest BCUT2D eigenvalue weighted by Crippen LogP contribution is -2.39. The van der Waals surface area contributed by atoms with Crippen LogP contribution in [0.25, 0.3) is 0 Å². The highest BCUT2D eigenvalue weighted by atomic mass is 32.2. The molecule has 0 aliphatic heterocycles. The molecule has 1 atom stereocenters. The number of rotatable bonds is 9. The molecule has 0 radical (unpaired) electrons. The average molecular weight is 423 g/mol. The van der Waals surface area contributed by atoms with Gasteiger partial charge in [-0.1, -0.05) is 19.1 Å². The van der Waals surface area contributed by atoms with Crippen molar-refractivity contribution in [3.05, 3.63) is 54.1 Å². The molecule has 0 bridgehead atoms. The summed E-state index contributed by atoms with van der Waals surface area (Å²) >= 11 is 1.54. The summed E-state index contributed by atoms with van der Waals surface area (Å²) in [6.07, 6.45) is 2.61. The van der Waals surface area contributed by atoms with Crippen LogP contribution in [-0.4, -0.2) is 45.6 Å². The van der Waals surface area contributed by atoms with E-state index in [1.807, 2.05) is 37.4 Å². The summed E-state index contributed by atoms with van der Waals surface area (Å²) in [6.45, 7) is 1.71. The Morgan fingerprint density at radius 3 is 2.25 bits per heavy atom. The van der Waals surface area contributed by atoms with Crippen molar-refractivity contribution in [3.8, 4) is 5.75 Å². The molecule has 0 unspecified atom stereocenters. The number of benzene rings is 2. The van der Waals surface area contributed by atoms with Gasteiger partial charge in [-0.05, 0) is 54.6 Å². The number of methoxy groups -OCH3 is 1.